The molecule has 2 heterocycles. The van der Waals surface area contributed by atoms with Gasteiger partial charge in [-0.15, -0.1) is 0 Å². The third kappa shape index (κ3) is 8.15. The van der Waals surface area contributed by atoms with E-state index in [4.69, 9.17) is 9.15 Å². The van der Waals surface area contributed by atoms with E-state index in [1.54, 1.807) is 39.2 Å². The third-order valence-corrected chi connectivity index (χ3v) is 6.69. The van der Waals surface area contributed by atoms with Gasteiger partial charge < -0.3 is 24.7 Å². The summed E-state index contributed by atoms with van der Waals surface area (Å²) >= 11 is 0. The third-order valence-electron chi connectivity index (χ3n) is 6.69. The maximum atomic E-state index is 13.2. The first-order valence-corrected chi connectivity index (χ1v) is 13.9. The number of nitrogens with zero attached hydrogens (tertiary/aromatic N) is 4. The summed E-state index contributed by atoms with van der Waals surface area (Å²) < 4.78 is 10.6. The van der Waals surface area contributed by atoms with Crippen molar-refractivity contribution in [2.75, 3.05) is 36.9 Å². The number of amides is 4. The number of likely N-dealkylation sites (N-methyl/N-ethyl adjacent to an activating group) is 1. The van der Waals surface area contributed by atoms with Crippen molar-refractivity contribution in [2.45, 2.75) is 33.3 Å². The van der Waals surface area contributed by atoms with Crippen molar-refractivity contribution in [3.05, 3.63) is 94.1 Å². The quantitative estimate of drug-likeness (QED) is 0.265. The second-order valence-electron chi connectivity index (χ2n) is 9.72. The van der Waals surface area contributed by atoms with Crippen LogP contribution in [-0.4, -0.2) is 59.6 Å². The number of carbonyl (C=O) groups excluding carboxylic acids is 3. The van der Waals surface area contributed by atoms with E-state index in [0.717, 1.165) is 11.3 Å². The number of alkyl carbamates (subject to hydrolysis) is 1. The fourth-order valence-electron chi connectivity index (χ4n) is 4.31. The number of aromatic nitrogens is 2. The molecule has 224 valence electrons. The summed E-state index contributed by atoms with van der Waals surface area (Å²) in [6.07, 6.45) is 1.63. The number of anilines is 2. The molecular weight excluding hydrogens is 552 g/mol. The van der Waals surface area contributed by atoms with E-state index in [0.29, 0.717) is 29.7 Å². The van der Waals surface area contributed by atoms with E-state index in [1.165, 1.54) is 9.80 Å². The summed E-state index contributed by atoms with van der Waals surface area (Å²) in [5.74, 6) is -0.365. The van der Waals surface area contributed by atoms with Crippen molar-refractivity contribution in [2.24, 2.45) is 0 Å². The number of ether oxygens (including phenoxy) is 1. The van der Waals surface area contributed by atoms with Crippen LogP contribution in [-0.2, 0) is 22.6 Å². The van der Waals surface area contributed by atoms with Gasteiger partial charge in [-0.3, -0.25) is 9.78 Å². The van der Waals surface area contributed by atoms with Crippen molar-refractivity contribution in [1.29, 1.82) is 0 Å². The van der Waals surface area contributed by atoms with E-state index < -0.39 is 11.7 Å². The molecule has 0 radical (unpaired) electrons. The first-order chi connectivity index (χ1) is 20.8. The Morgan fingerprint density at radius 3 is 2.51 bits per heavy atom. The molecule has 2 aromatic carbocycles. The minimum atomic E-state index is -0.682. The molecule has 2 aromatic heterocycles. The van der Waals surface area contributed by atoms with Crippen LogP contribution in [0.5, 0.6) is 0 Å². The van der Waals surface area contributed by atoms with E-state index in [9.17, 15) is 19.2 Å². The monoisotopic (exact) mass is 586 g/mol. The number of pyridine rings is 1. The van der Waals surface area contributed by atoms with Gasteiger partial charge in [-0.05, 0) is 49.2 Å². The fourth-order valence-corrected chi connectivity index (χ4v) is 4.31. The largest absolute Gasteiger partial charge is 0.445 e. The first kappa shape index (κ1) is 30.7. The Kier molecular flexibility index (Phi) is 10.4. The number of benzene rings is 2. The molecule has 43 heavy (non-hydrogen) atoms. The smallest absolute Gasteiger partial charge is 0.407 e. The molecule has 0 spiro atoms. The van der Waals surface area contributed by atoms with Gasteiger partial charge in [0.2, 0.25) is 5.91 Å². The molecule has 0 fully saturated rings. The Morgan fingerprint density at radius 1 is 1.02 bits per heavy atom. The molecule has 0 aliphatic rings. The zero-order valence-electron chi connectivity index (χ0n) is 24.3. The Balaban J connectivity index is 1.36. The Hall–Kier alpha value is -5.26. The van der Waals surface area contributed by atoms with Crippen LogP contribution < -0.4 is 21.2 Å². The number of carbonyl (C=O) groups is 3. The summed E-state index contributed by atoms with van der Waals surface area (Å²) in [7, 11) is 1.66. The summed E-state index contributed by atoms with van der Waals surface area (Å²) in [6.45, 7) is 4.27. The zero-order chi connectivity index (χ0) is 30.8. The number of rotatable bonds is 11. The molecule has 0 saturated heterocycles. The van der Waals surface area contributed by atoms with Gasteiger partial charge in [0.05, 0.1) is 10.9 Å². The minimum Gasteiger partial charge on any atom is -0.445 e. The van der Waals surface area contributed by atoms with Crippen molar-refractivity contribution >= 4 is 40.6 Å². The highest BCUT2D eigenvalue weighted by Crippen LogP contribution is 2.24. The molecule has 0 aliphatic heterocycles. The van der Waals surface area contributed by atoms with E-state index in [1.807, 2.05) is 48.5 Å². The van der Waals surface area contributed by atoms with Crippen molar-refractivity contribution in [1.82, 2.24) is 20.2 Å². The van der Waals surface area contributed by atoms with E-state index in [-0.39, 0.29) is 49.5 Å². The van der Waals surface area contributed by atoms with Gasteiger partial charge in [0.25, 0.3) is 0 Å². The maximum Gasteiger partial charge on any atom is 0.407 e. The lowest BCUT2D eigenvalue weighted by atomic mass is 10.1. The first-order valence-electron chi connectivity index (χ1n) is 13.9. The predicted molar refractivity (Wildman–Crippen MR) is 162 cm³/mol. The van der Waals surface area contributed by atoms with Crippen LogP contribution in [0.3, 0.4) is 0 Å². The fraction of sp³-hybridized carbons (Fsp3) is 0.290. The number of nitrogens with one attached hydrogen (secondary N) is 2. The predicted octanol–water partition coefficient (Wildman–Crippen LogP) is 4.27. The normalized spacial score (nSPS) is 10.7. The molecular formula is C31H34N6O6. The second kappa shape index (κ2) is 14.6. The van der Waals surface area contributed by atoms with Crippen molar-refractivity contribution in [3.8, 4) is 0 Å². The lowest BCUT2D eigenvalue weighted by Gasteiger charge is -2.25. The van der Waals surface area contributed by atoms with Gasteiger partial charge in [-0.25, -0.2) is 19.3 Å². The Bertz CT molecular complexity index is 1630. The molecule has 4 aromatic rings. The van der Waals surface area contributed by atoms with Crippen LogP contribution in [0.25, 0.3) is 10.9 Å². The van der Waals surface area contributed by atoms with Crippen LogP contribution in [0, 0.1) is 6.92 Å². The molecule has 4 amide bonds. The van der Waals surface area contributed by atoms with Crippen LogP contribution >= 0.6 is 0 Å². The van der Waals surface area contributed by atoms with Gasteiger partial charge in [-0.2, -0.15) is 4.98 Å². The highest BCUT2D eigenvalue weighted by atomic mass is 16.5. The number of hydrogen-bond acceptors (Lipinski definition) is 8. The van der Waals surface area contributed by atoms with Crippen LogP contribution in [0.4, 0.5) is 21.3 Å². The molecule has 0 atom stereocenters. The number of hydrogen-bond donors (Lipinski definition) is 2. The molecule has 2 N–H and O–H groups in total. The average molecular weight is 587 g/mol. The second-order valence-corrected chi connectivity index (χ2v) is 9.72. The molecule has 12 nitrogen and oxygen atoms in total. The molecule has 0 aliphatic carbocycles. The topological polar surface area (TPSA) is 147 Å². The summed E-state index contributed by atoms with van der Waals surface area (Å²) in [6, 6.07) is 17.6. The molecule has 0 bridgehead atoms. The van der Waals surface area contributed by atoms with Crippen LogP contribution in [0.1, 0.15) is 30.2 Å². The van der Waals surface area contributed by atoms with Gasteiger partial charge in [-0.1, -0.05) is 36.4 Å². The van der Waals surface area contributed by atoms with Gasteiger partial charge in [0.15, 0.2) is 0 Å². The van der Waals surface area contributed by atoms with E-state index >= 15 is 0 Å². The van der Waals surface area contributed by atoms with Crippen LogP contribution in [0.2, 0.25) is 0 Å². The lowest BCUT2D eigenvalue weighted by molar-refractivity contribution is -0.116. The minimum absolute atomic E-state index is 0.00880. The summed E-state index contributed by atoms with van der Waals surface area (Å²) in [4.78, 5) is 62.2. The zero-order valence-corrected chi connectivity index (χ0v) is 24.3. The summed E-state index contributed by atoms with van der Waals surface area (Å²) in [5, 5.41) is 5.49. The number of urea groups is 1. The van der Waals surface area contributed by atoms with Gasteiger partial charge in [0.1, 0.15) is 6.61 Å². The number of aryl methyl sites for hydroxylation is 1. The Labute approximate surface area is 248 Å². The van der Waals surface area contributed by atoms with Crippen molar-refractivity contribution < 1.29 is 23.5 Å². The van der Waals surface area contributed by atoms with E-state index in [2.05, 4.69) is 20.6 Å². The maximum absolute atomic E-state index is 13.2. The molecule has 4 rings (SSSR count). The standard InChI is InChI=1S/C31H34N6O6/c1-4-37(31(41)36(3)19-16-23-12-8-9-17-32-23)29-35-25-14-13-24(21(2)27(25)28(39)43-29)34-26(38)15-18-33-30(40)42-20-22-10-6-5-7-11-22/h5-14,17H,4,15-16,18-20H2,1-3H3,(H,33,40)(H,34,38). The van der Waals surface area contributed by atoms with Gasteiger partial charge in [0, 0.05) is 57.1 Å². The average Bonchev–Trinajstić information content (AvgIpc) is 3.01. The van der Waals surface area contributed by atoms with Gasteiger partial charge >= 0.3 is 23.8 Å². The SMILES string of the molecule is CCN(C(=O)N(C)CCc1ccccn1)c1nc2ccc(NC(=O)CCNC(=O)OCc3ccccc3)c(C)c2c(=O)o1. The highest BCUT2D eigenvalue weighted by molar-refractivity contribution is 5.96. The molecule has 0 saturated carbocycles. The summed E-state index contributed by atoms with van der Waals surface area (Å²) in [5.41, 5.74) is 2.23. The number of fused-ring (bicyclic) bond motifs is 1. The van der Waals surface area contributed by atoms with Crippen molar-refractivity contribution in [3.63, 3.8) is 0 Å². The van der Waals surface area contributed by atoms with Crippen LogP contribution in [0.15, 0.2) is 76.1 Å². The Morgan fingerprint density at radius 2 is 1.79 bits per heavy atom. The highest BCUT2D eigenvalue weighted by Gasteiger charge is 2.24. The molecule has 12 heteroatoms. The molecule has 0 unspecified atom stereocenters. The lowest BCUT2D eigenvalue weighted by Crippen LogP contribution is -2.42.